The van der Waals surface area contributed by atoms with Crippen LogP contribution in [0.25, 0.3) is 27.7 Å². The quantitative estimate of drug-likeness (QED) is 0.176. The van der Waals surface area contributed by atoms with Gasteiger partial charge < -0.3 is 14.8 Å². The van der Waals surface area contributed by atoms with Crippen molar-refractivity contribution in [3.8, 4) is 11.1 Å². The summed E-state index contributed by atoms with van der Waals surface area (Å²) in [6.45, 7) is 10.6. The van der Waals surface area contributed by atoms with E-state index in [9.17, 15) is 8.78 Å². The first-order chi connectivity index (χ1) is 20.5. The van der Waals surface area contributed by atoms with Crippen LogP contribution in [0.15, 0.2) is 18.3 Å². The lowest BCUT2D eigenvalue weighted by atomic mass is 9.69. The number of benzene rings is 1. The summed E-state index contributed by atoms with van der Waals surface area (Å²) < 4.78 is 60.2. The molecule has 12 heteroatoms. The highest BCUT2D eigenvalue weighted by Crippen LogP contribution is 2.37. The molecule has 3 aromatic heterocycles. The van der Waals surface area contributed by atoms with Crippen LogP contribution in [-0.2, 0) is 13.0 Å². The zero-order chi connectivity index (χ0) is 31.1. The Morgan fingerprint density at radius 3 is 2.35 bits per heavy atom. The molecule has 0 amide bonds. The molecule has 230 valence electrons. The number of piperidine rings is 1. The molecule has 6 rings (SSSR count). The van der Waals surface area contributed by atoms with Crippen molar-refractivity contribution < 1.29 is 17.6 Å². The maximum Gasteiger partial charge on any atom is 0.256 e. The number of hydrogen-bond acceptors (Lipinski definition) is 5. The van der Waals surface area contributed by atoms with Gasteiger partial charge in [0.05, 0.1) is 37.3 Å². The van der Waals surface area contributed by atoms with Gasteiger partial charge in [0.15, 0.2) is 11.6 Å². The average molecular weight is 598 g/mol. The highest BCUT2D eigenvalue weighted by Gasteiger charge is 2.30. The third-order valence-corrected chi connectivity index (χ3v) is 8.34. The van der Waals surface area contributed by atoms with E-state index in [1.165, 1.54) is 53.6 Å². The molecule has 2 fully saturated rings. The standard InChI is InChI=1S/C29H34BF4N7.C2H6/c1-16-35-26-20(31)11-17(12-23(26)40(16)15-24(33)34)25-21(32)14-41-27(25)22(13-29(2,3)30)37-28(38-41)36-18-7-9-39(10-8-18)19-5-4-6-19;1-2/h11-12,14,18-19,24H,4-10,13,15H2,1-3H3,(H,36,38);1-2H3. The van der Waals surface area contributed by atoms with E-state index in [4.69, 9.17) is 12.8 Å². The number of aromatic nitrogens is 5. The fourth-order valence-corrected chi connectivity index (χ4v) is 6.17. The molecule has 4 heterocycles. The molecule has 0 unspecified atom stereocenters. The Hall–Kier alpha value is -3.15. The Morgan fingerprint density at radius 1 is 1.05 bits per heavy atom. The fourth-order valence-electron chi connectivity index (χ4n) is 6.17. The van der Waals surface area contributed by atoms with E-state index in [0.29, 0.717) is 29.6 Å². The second-order valence-corrected chi connectivity index (χ2v) is 12.2. The second-order valence-electron chi connectivity index (χ2n) is 12.2. The first kappa shape index (κ1) is 31.3. The summed E-state index contributed by atoms with van der Waals surface area (Å²) in [6.07, 6.45) is 4.69. The van der Waals surface area contributed by atoms with Crippen LogP contribution in [-0.4, -0.2) is 68.5 Å². The van der Waals surface area contributed by atoms with Crippen LogP contribution in [0.2, 0.25) is 5.31 Å². The van der Waals surface area contributed by atoms with Crippen LogP contribution in [0.1, 0.15) is 71.3 Å². The van der Waals surface area contributed by atoms with Gasteiger partial charge in [-0.1, -0.05) is 39.4 Å². The van der Waals surface area contributed by atoms with E-state index in [-0.39, 0.29) is 34.0 Å². The van der Waals surface area contributed by atoms with Gasteiger partial charge in [-0.2, -0.15) is 0 Å². The van der Waals surface area contributed by atoms with Crippen molar-refractivity contribution in [1.29, 1.82) is 0 Å². The number of halogens is 4. The van der Waals surface area contributed by atoms with Gasteiger partial charge in [-0.3, -0.25) is 0 Å². The molecule has 1 saturated carbocycles. The lowest BCUT2D eigenvalue weighted by Crippen LogP contribution is -2.47. The zero-order valence-electron chi connectivity index (χ0n) is 25.6. The molecule has 0 bridgehead atoms. The van der Waals surface area contributed by atoms with E-state index in [0.717, 1.165) is 25.9 Å². The largest absolute Gasteiger partial charge is 0.350 e. The summed E-state index contributed by atoms with van der Waals surface area (Å²) in [4.78, 5) is 11.5. The van der Waals surface area contributed by atoms with Gasteiger partial charge in [-0.25, -0.2) is 32.0 Å². The van der Waals surface area contributed by atoms with Crippen molar-refractivity contribution in [3.63, 3.8) is 0 Å². The molecule has 2 aliphatic rings. The van der Waals surface area contributed by atoms with Gasteiger partial charge in [0.2, 0.25) is 5.95 Å². The number of anilines is 1. The highest BCUT2D eigenvalue weighted by molar-refractivity contribution is 6.14. The summed E-state index contributed by atoms with van der Waals surface area (Å²) in [5.74, 6) is -0.716. The van der Waals surface area contributed by atoms with Crippen LogP contribution in [0.3, 0.4) is 0 Å². The van der Waals surface area contributed by atoms with E-state index >= 15 is 8.78 Å². The van der Waals surface area contributed by atoms with Crippen molar-refractivity contribution in [2.75, 3.05) is 18.4 Å². The van der Waals surface area contributed by atoms with Crippen LogP contribution in [0, 0.1) is 18.6 Å². The average Bonchev–Trinajstić information content (AvgIpc) is 3.40. The second kappa shape index (κ2) is 12.5. The smallest absolute Gasteiger partial charge is 0.256 e. The molecular formula is C31H40BF4N7. The number of nitrogens with one attached hydrogen (secondary N) is 1. The molecule has 0 spiro atoms. The summed E-state index contributed by atoms with van der Waals surface area (Å²) in [6, 6.07) is 3.58. The van der Waals surface area contributed by atoms with Gasteiger partial charge in [0.1, 0.15) is 11.3 Å². The lowest BCUT2D eigenvalue weighted by molar-refractivity contribution is 0.101. The van der Waals surface area contributed by atoms with Gasteiger partial charge >= 0.3 is 0 Å². The molecule has 1 N–H and O–H groups in total. The summed E-state index contributed by atoms with van der Waals surface area (Å²) >= 11 is 0. The van der Waals surface area contributed by atoms with E-state index < -0.39 is 29.9 Å². The third-order valence-electron chi connectivity index (χ3n) is 8.34. The van der Waals surface area contributed by atoms with Gasteiger partial charge in [-0.15, -0.1) is 5.10 Å². The van der Waals surface area contributed by atoms with Gasteiger partial charge in [-0.05, 0) is 56.7 Å². The summed E-state index contributed by atoms with van der Waals surface area (Å²) in [5.41, 5.74) is 1.29. The highest BCUT2D eigenvalue weighted by atomic mass is 19.3. The minimum absolute atomic E-state index is 0.0368. The van der Waals surface area contributed by atoms with Crippen LogP contribution in [0.4, 0.5) is 23.5 Å². The zero-order valence-corrected chi connectivity index (χ0v) is 25.6. The normalized spacial score (nSPS) is 17.0. The molecule has 7 nitrogen and oxygen atoms in total. The Labute approximate surface area is 251 Å². The molecule has 2 radical (unpaired) electrons. The summed E-state index contributed by atoms with van der Waals surface area (Å²) in [7, 11) is 6.39. The molecule has 1 aliphatic heterocycles. The number of hydrogen-bond donors (Lipinski definition) is 1. The number of imidazole rings is 1. The van der Waals surface area contributed by atoms with E-state index in [1.54, 1.807) is 0 Å². The number of nitrogens with zero attached hydrogens (tertiary/aromatic N) is 6. The minimum atomic E-state index is -2.66. The third kappa shape index (κ3) is 6.54. The first-order valence-corrected chi connectivity index (χ1v) is 15.3. The fraction of sp³-hybridized carbons (Fsp3) is 0.581. The first-order valence-electron chi connectivity index (χ1n) is 15.3. The van der Waals surface area contributed by atoms with Crippen molar-refractivity contribution >= 4 is 30.3 Å². The minimum Gasteiger partial charge on any atom is -0.350 e. The Morgan fingerprint density at radius 2 is 1.74 bits per heavy atom. The predicted octanol–water partition coefficient (Wildman–Crippen LogP) is 6.96. The van der Waals surface area contributed by atoms with Crippen LogP contribution >= 0.6 is 0 Å². The summed E-state index contributed by atoms with van der Waals surface area (Å²) in [5, 5.41) is 7.35. The molecule has 4 aromatic rings. The number of likely N-dealkylation sites (tertiary alicyclic amines) is 1. The molecule has 1 saturated heterocycles. The van der Waals surface area contributed by atoms with Crippen molar-refractivity contribution in [2.45, 2.75) is 104 Å². The van der Waals surface area contributed by atoms with E-state index in [2.05, 4.69) is 20.3 Å². The van der Waals surface area contributed by atoms with Gasteiger partial charge in [0, 0.05) is 30.7 Å². The van der Waals surface area contributed by atoms with E-state index in [1.807, 2.05) is 27.7 Å². The maximum absolute atomic E-state index is 15.7. The monoisotopic (exact) mass is 597 g/mol. The molecule has 1 aliphatic carbocycles. The number of alkyl halides is 2. The van der Waals surface area contributed by atoms with Crippen molar-refractivity contribution in [3.05, 3.63) is 41.5 Å². The predicted molar refractivity (Wildman–Crippen MR) is 163 cm³/mol. The Kier molecular flexibility index (Phi) is 9.06. The SMILES string of the molecule is CC.[B]C(C)(C)Cc1nc(NC2CCN(C3CCC3)CC2)nn2cc(F)c(-c3cc(F)c4nc(C)n(CC(F)F)c4c3)c12. The molecular weight excluding hydrogens is 557 g/mol. The number of aryl methyl sites for hydroxylation is 1. The molecule has 1 aromatic carbocycles. The van der Waals surface area contributed by atoms with Crippen LogP contribution in [0.5, 0.6) is 0 Å². The van der Waals surface area contributed by atoms with Gasteiger partial charge in [0.25, 0.3) is 6.43 Å². The topological polar surface area (TPSA) is 63.3 Å². The van der Waals surface area contributed by atoms with Crippen molar-refractivity contribution in [2.24, 2.45) is 0 Å². The molecule has 43 heavy (non-hydrogen) atoms. The Bertz CT molecular complexity index is 1580. The molecule has 0 atom stereocenters. The maximum atomic E-state index is 15.7. The number of rotatable bonds is 8. The van der Waals surface area contributed by atoms with Crippen molar-refractivity contribution in [1.82, 2.24) is 29.0 Å². The van der Waals surface area contributed by atoms with Crippen LogP contribution < -0.4 is 5.32 Å². The number of fused-ring (bicyclic) bond motifs is 2. The lowest BCUT2D eigenvalue weighted by Gasteiger charge is -2.41. The Balaban J connectivity index is 0.00000180.